The van der Waals surface area contributed by atoms with Crippen molar-refractivity contribution in [3.63, 3.8) is 0 Å². The standard InChI is InChI=1S/C24H30ClN3O3/c25-20-14-13-19-12-11-18-7-4-5-8-21(18)28(22(19)17-20)16-6-15-26-23(29)9-2-1-3-10-24(30)27-31/h4-5,7-8,13-14,17,31H,1-3,6,9-12,15-16H2,(H,26,29)(H,27,30). The summed E-state index contributed by atoms with van der Waals surface area (Å²) in [5.74, 6) is -0.353. The van der Waals surface area contributed by atoms with Gasteiger partial charge in [-0.3, -0.25) is 14.8 Å². The molecular weight excluding hydrogens is 414 g/mol. The zero-order valence-corrected chi connectivity index (χ0v) is 18.5. The number of fused-ring (bicyclic) bond motifs is 2. The van der Waals surface area contributed by atoms with Crippen LogP contribution < -0.4 is 15.7 Å². The average molecular weight is 444 g/mol. The van der Waals surface area contributed by atoms with E-state index in [0.29, 0.717) is 19.4 Å². The molecule has 0 radical (unpaired) electrons. The van der Waals surface area contributed by atoms with Crippen LogP contribution >= 0.6 is 11.6 Å². The van der Waals surface area contributed by atoms with E-state index in [4.69, 9.17) is 16.8 Å². The number of nitrogens with one attached hydrogen (secondary N) is 2. The van der Waals surface area contributed by atoms with Crippen LogP contribution in [0.3, 0.4) is 0 Å². The number of hydroxylamine groups is 1. The second-order valence-corrected chi connectivity index (χ2v) is 8.29. The zero-order valence-electron chi connectivity index (χ0n) is 17.7. The van der Waals surface area contributed by atoms with Gasteiger partial charge in [-0.15, -0.1) is 0 Å². The molecule has 0 bridgehead atoms. The molecule has 2 aromatic carbocycles. The fourth-order valence-electron chi connectivity index (χ4n) is 3.98. The molecule has 0 fully saturated rings. The van der Waals surface area contributed by atoms with Crippen LogP contribution in [0.5, 0.6) is 0 Å². The van der Waals surface area contributed by atoms with E-state index in [9.17, 15) is 9.59 Å². The van der Waals surface area contributed by atoms with E-state index in [-0.39, 0.29) is 18.2 Å². The molecule has 0 saturated heterocycles. The number of para-hydroxylation sites is 1. The maximum atomic E-state index is 12.1. The Bertz CT molecular complexity index is 903. The fourth-order valence-corrected chi connectivity index (χ4v) is 4.15. The summed E-state index contributed by atoms with van der Waals surface area (Å²) in [4.78, 5) is 25.4. The molecule has 0 spiro atoms. The number of halogens is 1. The predicted octanol–water partition coefficient (Wildman–Crippen LogP) is 4.54. The number of carbonyl (C=O) groups is 2. The summed E-state index contributed by atoms with van der Waals surface area (Å²) >= 11 is 6.30. The third kappa shape index (κ3) is 6.71. The lowest BCUT2D eigenvalue weighted by atomic mass is 10.0. The first-order chi connectivity index (χ1) is 15.1. The number of hydrogen-bond acceptors (Lipinski definition) is 4. The molecule has 2 amide bonds. The third-order valence-electron chi connectivity index (χ3n) is 5.60. The third-order valence-corrected chi connectivity index (χ3v) is 5.83. The summed E-state index contributed by atoms with van der Waals surface area (Å²) in [6, 6.07) is 14.6. The van der Waals surface area contributed by atoms with Crippen molar-refractivity contribution in [3.05, 3.63) is 58.6 Å². The normalized spacial score (nSPS) is 12.5. The minimum atomic E-state index is -0.387. The lowest BCUT2D eigenvalue weighted by Gasteiger charge is -2.27. The number of amides is 2. The van der Waals surface area contributed by atoms with Crippen molar-refractivity contribution < 1.29 is 14.8 Å². The number of benzene rings is 2. The Balaban J connectivity index is 1.50. The van der Waals surface area contributed by atoms with Gasteiger partial charge in [0.05, 0.1) is 0 Å². The van der Waals surface area contributed by atoms with Gasteiger partial charge in [0.15, 0.2) is 0 Å². The van der Waals surface area contributed by atoms with Crippen molar-refractivity contribution in [1.82, 2.24) is 10.8 Å². The maximum Gasteiger partial charge on any atom is 0.243 e. The number of aryl methyl sites for hydroxylation is 2. The van der Waals surface area contributed by atoms with Gasteiger partial charge in [0.25, 0.3) is 0 Å². The van der Waals surface area contributed by atoms with E-state index >= 15 is 0 Å². The molecule has 0 unspecified atom stereocenters. The van der Waals surface area contributed by atoms with Gasteiger partial charge in [0, 0.05) is 42.3 Å². The van der Waals surface area contributed by atoms with Crippen molar-refractivity contribution in [3.8, 4) is 0 Å². The Hall–Kier alpha value is -2.57. The lowest BCUT2D eigenvalue weighted by Crippen LogP contribution is -2.28. The van der Waals surface area contributed by atoms with Gasteiger partial charge in [-0.05, 0) is 61.4 Å². The van der Waals surface area contributed by atoms with Gasteiger partial charge >= 0.3 is 0 Å². The molecule has 0 saturated carbocycles. The summed E-state index contributed by atoms with van der Waals surface area (Å²) < 4.78 is 0. The van der Waals surface area contributed by atoms with Crippen LogP contribution in [-0.4, -0.2) is 30.1 Å². The summed E-state index contributed by atoms with van der Waals surface area (Å²) in [6.07, 6.45) is 5.71. The van der Waals surface area contributed by atoms with Crippen LogP contribution in [0.2, 0.25) is 5.02 Å². The van der Waals surface area contributed by atoms with E-state index in [1.807, 2.05) is 12.1 Å². The summed E-state index contributed by atoms with van der Waals surface area (Å²) in [5.41, 5.74) is 6.59. The molecule has 3 N–H and O–H groups in total. The molecule has 0 aromatic heterocycles. The molecule has 6 nitrogen and oxygen atoms in total. The van der Waals surface area contributed by atoms with E-state index in [1.165, 1.54) is 16.8 Å². The molecule has 7 heteroatoms. The van der Waals surface area contributed by atoms with Gasteiger partial charge in [-0.2, -0.15) is 0 Å². The van der Waals surface area contributed by atoms with Crippen LogP contribution in [0.25, 0.3) is 0 Å². The zero-order chi connectivity index (χ0) is 22.1. The van der Waals surface area contributed by atoms with Crippen molar-refractivity contribution in [2.75, 3.05) is 18.0 Å². The van der Waals surface area contributed by atoms with Crippen LogP contribution in [-0.2, 0) is 22.4 Å². The highest BCUT2D eigenvalue weighted by molar-refractivity contribution is 6.30. The molecule has 3 rings (SSSR count). The molecule has 1 aliphatic heterocycles. The van der Waals surface area contributed by atoms with Crippen molar-refractivity contribution in [1.29, 1.82) is 0 Å². The van der Waals surface area contributed by atoms with Crippen LogP contribution in [0.15, 0.2) is 42.5 Å². The number of nitrogens with zero attached hydrogens (tertiary/aromatic N) is 1. The Labute approximate surface area is 188 Å². The molecule has 1 heterocycles. The summed E-state index contributed by atoms with van der Waals surface area (Å²) in [6.45, 7) is 1.40. The summed E-state index contributed by atoms with van der Waals surface area (Å²) in [5, 5.41) is 12.2. The molecule has 2 aromatic rings. The van der Waals surface area contributed by atoms with Gasteiger partial charge in [-0.1, -0.05) is 42.3 Å². The van der Waals surface area contributed by atoms with Crippen molar-refractivity contribution in [2.24, 2.45) is 0 Å². The number of hydrogen-bond donors (Lipinski definition) is 3. The van der Waals surface area contributed by atoms with Gasteiger partial charge < -0.3 is 10.2 Å². The number of unbranched alkanes of at least 4 members (excludes halogenated alkanes) is 2. The van der Waals surface area contributed by atoms with Gasteiger partial charge in [0.1, 0.15) is 0 Å². The van der Waals surface area contributed by atoms with Crippen molar-refractivity contribution in [2.45, 2.75) is 51.4 Å². The first kappa shape index (κ1) is 23.1. The highest BCUT2D eigenvalue weighted by atomic mass is 35.5. The highest BCUT2D eigenvalue weighted by Crippen LogP contribution is 2.37. The monoisotopic (exact) mass is 443 g/mol. The molecule has 0 aliphatic carbocycles. The smallest absolute Gasteiger partial charge is 0.243 e. The van der Waals surface area contributed by atoms with Crippen LogP contribution in [0.4, 0.5) is 11.4 Å². The molecule has 166 valence electrons. The van der Waals surface area contributed by atoms with E-state index < -0.39 is 0 Å². The Kier molecular flexibility index (Phi) is 8.74. The topological polar surface area (TPSA) is 81.7 Å². The Morgan fingerprint density at radius 2 is 1.61 bits per heavy atom. The minimum absolute atomic E-state index is 0.0336. The quantitative estimate of drug-likeness (QED) is 0.286. The largest absolute Gasteiger partial charge is 0.356 e. The van der Waals surface area contributed by atoms with Crippen LogP contribution in [0.1, 0.15) is 49.7 Å². The molecule has 0 atom stereocenters. The van der Waals surface area contributed by atoms with Gasteiger partial charge in [-0.25, -0.2) is 5.48 Å². The second-order valence-electron chi connectivity index (χ2n) is 7.85. The number of carbonyl (C=O) groups excluding carboxylic acids is 2. The van der Waals surface area contributed by atoms with Gasteiger partial charge in [0.2, 0.25) is 11.8 Å². The molecule has 31 heavy (non-hydrogen) atoms. The first-order valence-corrected chi connectivity index (χ1v) is 11.3. The highest BCUT2D eigenvalue weighted by Gasteiger charge is 2.20. The van der Waals surface area contributed by atoms with E-state index in [1.54, 1.807) is 5.48 Å². The SMILES string of the molecule is O=C(CCCCCC(=O)NCCCN1c2ccccc2CCc2ccc(Cl)cc21)NO. The maximum absolute atomic E-state index is 12.1. The summed E-state index contributed by atoms with van der Waals surface area (Å²) in [7, 11) is 0. The number of rotatable bonds is 10. The average Bonchev–Trinajstić information content (AvgIpc) is 2.93. The second kappa shape index (κ2) is 11.7. The Morgan fingerprint density at radius 1 is 0.903 bits per heavy atom. The molecular formula is C24H30ClN3O3. The van der Waals surface area contributed by atoms with Crippen LogP contribution in [0, 0.1) is 0 Å². The minimum Gasteiger partial charge on any atom is -0.356 e. The molecule has 1 aliphatic rings. The first-order valence-electron chi connectivity index (χ1n) is 10.9. The van der Waals surface area contributed by atoms with E-state index in [0.717, 1.165) is 49.4 Å². The fraction of sp³-hybridized carbons (Fsp3) is 0.417. The lowest BCUT2D eigenvalue weighted by molar-refractivity contribution is -0.129. The van der Waals surface area contributed by atoms with E-state index in [2.05, 4.69) is 40.5 Å². The predicted molar refractivity (Wildman–Crippen MR) is 123 cm³/mol. The Morgan fingerprint density at radius 3 is 2.39 bits per heavy atom. The van der Waals surface area contributed by atoms with Crippen molar-refractivity contribution >= 4 is 34.8 Å². The number of anilines is 2.